The van der Waals surface area contributed by atoms with E-state index in [9.17, 15) is 4.39 Å². The molecule has 2 aliphatic heterocycles. The zero-order valence-corrected chi connectivity index (χ0v) is 13.3. The zero-order valence-electron chi connectivity index (χ0n) is 13.3. The third-order valence-electron chi connectivity index (χ3n) is 4.64. The summed E-state index contributed by atoms with van der Waals surface area (Å²) in [7, 11) is 0. The largest absolute Gasteiger partial charge is 0.464 e. The normalized spacial score (nSPS) is 21.3. The first-order valence-electron chi connectivity index (χ1n) is 8.20. The summed E-state index contributed by atoms with van der Waals surface area (Å²) in [5.74, 6) is 1.28. The number of para-hydroxylation sites is 1. The molecule has 0 saturated heterocycles. The van der Waals surface area contributed by atoms with E-state index in [1.165, 1.54) is 12.1 Å². The Morgan fingerprint density at radius 1 is 1.04 bits per heavy atom. The Labute approximate surface area is 144 Å². The van der Waals surface area contributed by atoms with Crippen molar-refractivity contribution in [3.05, 3.63) is 89.6 Å². The van der Waals surface area contributed by atoms with Crippen LogP contribution in [-0.4, -0.2) is 10.7 Å². The summed E-state index contributed by atoms with van der Waals surface area (Å²) >= 11 is 0. The third-order valence-corrected chi connectivity index (χ3v) is 4.64. The predicted molar refractivity (Wildman–Crippen MR) is 90.7 cm³/mol. The Morgan fingerprint density at radius 2 is 1.96 bits per heavy atom. The lowest BCUT2D eigenvalue weighted by atomic mass is 9.97. The van der Waals surface area contributed by atoms with Crippen LogP contribution in [0.25, 0.3) is 0 Å². The van der Waals surface area contributed by atoms with Gasteiger partial charge in [0, 0.05) is 17.5 Å². The van der Waals surface area contributed by atoms with Crippen LogP contribution in [0.4, 0.5) is 4.39 Å². The molecule has 0 aliphatic carbocycles. The van der Waals surface area contributed by atoms with Gasteiger partial charge in [-0.15, -0.1) is 0 Å². The molecule has 2 atom stereocenters. The molecule has 0 saturated carbocycles. The number of rotatable bonds is 2. The lowest BCUT2D eigenvalue weighted by Gasteiger charge is -2.38. The van der Waals surface area contributed by atoms with Gasteiger partial charge in [-0.1, -0.05) is 30.3 Å². The Morgan fingerprint density at radius 3 is 2.80 bits per heavy atom. The molecule has 5 heteroatoms. The van der Waals surface area contributed by atoms with Gasteiger partial charge in [0.15, 0.2) is 0 Å². The molecule has 0 radical (unpaired) electrons. The van der Waals surface area contributed by atoms with E-state index in [1.807, 2.05) is 41.4 Å². The summed E-state index contributed by atoms with van der Waals surface area (Å²) in [6.45, 7) is 0. The summed E-state index contributed by atoms with van der Waals surface area (Å²) in [4.78, 5) is 0. The van der Waals surface area contributed by atoms with Gasteiger partial charge in [-0.05, 0) is 30.3 Å². The number of nitrogens with zero attached hydrogens (tertiary/aromatic N) is 2. The van der Waals surface area contributed by atoms with Gasteiger partial charge in [-0.3, -0.25) is 0 Å². The highest BCUT2D eigenvalue weighted by Gasteiger charge is 2.41. The second-order valence-corrected chi connectivity index (χ2v) is 6.19. The lowest BCUT2D eigenvalue weighted by molar-refractivity contribution is -0.0192. The van der Waals surface area contributed by atoms with Crippen molar-refractivity contribution in [3.8, 4) is 5.75 Å². The maximum absolute atomic E-state index is 13.7. The number of fused-ring (bicyclic) bond motifs is 3. The Bertz CT molecular complexity index is 952. The zero-order chi connectivity index (χ0) is 16.8. The minimum Gasteiger partial charge on any atom is -0.464 e. The van der Waals surface area contributed by atoms with Gasteiger partial charge in [0.1, 0.15) is 23.0 Å². The molecule has 124 valence electrons. The Hall–Kier alpha value is -3.08. The van der Waals surface area contributed by atoms with E-state index in [0.29, 0.717) is 0 Å². The number of furan rings is 1. The highest BCUT2D eigenvalue weighted by atomic mass is 19.1. The predicted octanol–water partition coefficient (Wildman–Crippen LogP) is 4.66. The highest BCUT2D eigenvalue weighted by Crippen LogP contribution is 2.47. The van der Waals surface area contributed by atoms with Crippen molar-refractivity contribution in [2.45, 2.75) is 18.7 Å². The van der Waals surface area contributed by atoms with E-state index < -0.39 is 6.23 Å². The number of hydrazone groups is 1. The van der Waals surface area contributed by atoms with Crippen LogP contribution < -0.4 is 4.74 Å². The van der Waals surface area contributed by atoms with Gasteiger partial charge in [0.25, 0.3) is 0 Å². The van der Waals surface area contributed by atoms with Crippen LogP contribution in [0.2, 0.25) is 0 Å². The van der Waals surface area contributed by atoms with Crippen LogP contribution >= 0.6 is 0 Å². The number of halogens is 1. The van der Waals surface area contributed by atoms with Gasteiger partial charge in [0.05, 0.1) is 12.3 Å². The quantitative estimate of drug-likeness (QED) is 0.684. The number of ether oxygens (including phenoxy) is 1. The van der Waals surface area contributed by atoms with Crippen molar-refractivity contribution < 1.29 is 13.5 Å². The number of benzene rings is 2. The monoisotopic (exact) mass is 334 g/mol. The maximum atomic E-state index is 13.7. The smallest absolute Gasteiger partial charge is 0.213 e. The first-order chi connectivity index (χ1) is 12.3. The summed E-state index contributed by atoms with van der Waals surface area (Å²) in [5.41, 5.74) is 2.70. The van der Waals surface area contributed by atoms with Crippen molar-refractivity contribution in [1.29, 1.82) is 0 Å². The summed E-state index contributed by atoms with van der Waals surface area (Å²) < 4.78 is 25.4. The standard InChI is InChI=1S/C20H15FN2O2/c21-14-6-3-5-13(11-14)20-23-17(15-7-1-2-8-18(15)25-20)12-16(22-23)19-9-4-10-24-19/h1-11,17,20H,12H2/t17-,20+/m1/s1. The molecule has 2 aromatic carbocycles. The van der Waals surface area contributed by atoms with Crippen molar-refractivity contribution in [3.63, 3.8) is 0 Å². The number of hydrogen-bond donors (Lipinski definition) is 0. The lowest BCUT2D eigenvalue weighted by Crippen LogP contribution is -2.33. The van der Waals surface area contributed by atoms with Crippen LogP contribution in [0.3, 0.4) is 0 Å². The second kappa shape index (κ2) is 5.48. The van der Waals surface area contributed by atoms with E-state index in [4.69, 9.17) is 14.3 Å². The van der Waals surface area contributed by atoms with Gasteiger partial charge in [-0.25, -0.2) is 9.40 Å². The van der Waals surface area contributed by atoms with Crippen molar-refractivity contribution in [1.82, 2.24) is 5.01 Å². The van der Waals surface area contributed by atoms with E-state index in [-0.39, 0.29) is 11.9 Å². The van der Waals surface area contributed by atoms with E-state index in [0.717, 1.165) is 34.8 Å². The van der Waals surface area contributed by atoms with Gasteiger partial charge in [0.2, 0.25) is 6.23 Å². The van der Waals surface area contributed by atoms with Crippen LogP contribution in [0.5, 0.6) is 5.75 Å². The fourth-order valence-corrected chi connectivity index (χ4v) is 3.51. The molecule has 0 bridgehead atoms. The first kappa shape index (κ1) is 14.3. The molecule has 0 unspecified atom stereocenters. The van der Waals surface area contributed by atoms with Gasteiger partial charge >= 0.3 is 0 Å². The molecule has 25 heavy (non-hydrogen) atoms. The van der Waals surface area contributed by atoms with Crippen molar-refractivity contribution in [2.24, 2.45) is 5.10 Å². The van der Waals surface area contributed by atoms with E-state index >= 15 is 0 Å². The van der Waals surface area contributed by atoms with Crippen LogP contribution in [0.1, 0.15) is 35.6 Å². The molecule has 2 aliphatic rings. The fraction of sp³-hybridized carbons (Fsp3) is 0.150. The van der Waals surface area contributed by atoms with E-state index in [2.05, 4.69) is 6.07 Å². The van der Waals surface area contributed by atoms with Crippen molar-refractivity contribution >= 4 is 5.71 Å². The minimum atomic E-state index is -0.469. The molecule has 3 aromatic rings. The fourth-order valence-electron chi connectivity index (χ4n) is 3.51. The van der Waals surface area contributed by atoms with Gasteiger partial charge in [-0.2, -0.15) is 5.10 Å². The average molecular weight is 334 g/mol. The average Bonchev–Trinajstić information content (AvgIpc) is 3.30. The summed E-state index contributed by atoms with van der Waals surface area (Å²) in [6.07, 6.45) is 1.90. The van der Waals surface area contributed by atoms with Crippen LogP contribution in [-0.2, 0) is 0 Å². The summed E-state index contributed by atoms with van der Waals surface area (Å²) in [5, 5.41) is 6.66. The maximum Gasteiger partial charge on any atom is 0.213 e. The molecule has 0 spiro atoms. The van der Waals surface area contributed by atoms with Crippen LogP contribution in [0, 0.1) is 5.82 Å². The number of hydrogen-bond acceptors (Lipinski definition) is 4. The Balaban J connectivity index is 1.62. The molecule has 3 heterocycles. The second-order valence-electron chi connectivity index (χ2n) is 6.19. The van der Waals surface area contributed by atoms with Crippen molar-refractivity contribution in [2.75, 3.05) is 0 Å². The Kier molecular flexibility index (Phi) is 3.13. The molecule has 1 aromatic heterocycles. The van der Waals surface area contributed by atoms with E-state index in [1.54, 1.807) is 12.3 Å². The minimum absolute atomic E-state index is 0.0401. The molecule has 0 fully saturated rings. The van der Waals surface area contributed by atoms with Crippen LogP contribution in [0.15, 0.2) is 76.4 Å². The molecule has 4 nitrogen and oxygen atoms in total. The summed E-state index contributed by atoms with van der Waals surface area (Å²) in [6, 6.07) is 18.2. The molecule has 0 amide bonds. The topological polar surface area (TPSA) is 38.0 Å². The first-order valence-corrected chi connectivity index (χ1v) is 8.20. The molecular weight excluding hydrogens is 319 g/mol. The van der Waals surface area contributed by atoms with Gasteiger partial charge < -0.3 is 9.15 Å². The highest BCUT2D eigenvalue weighted by molar-refractivity contribution is 5.99. The molecule has 5 rings (SSSR count). The molecule has 0 N–H and O–H groups in total. The third kappa shape index (κ3) is 2.31. The molecular formula is C20H15FN2O2. The SMILES string of the molecule is Fc1cccc([C@@H]2Oc3ccccc3[C@H]3CC(c4ccco4)=NN32)c1.